The van der Waals surface area contributed by atoms with Crippen LogP contribution in [-0.4, -0.2) is 31.3 Å². The van der Waals surface area contributed by atoms with E-state index in [1.165, 1.54) is 6.33 Å². The fourth-order valence-corrected chi connectivity index (χ4v) is 2.27. The molecule has 0 fully saturated rings. The van der Waals surface area contributed by atoms with E-state index in [0.717, 1.165) is 17.1 Å². The Bertz CT molecular complexity index is 756. The molecule has 2 aromatic heterocycles. The van der Waals surface area contributed by atoms with Crippen molar-refractivity contribution in [2.45, 2.75) is 13.0 Å². The first-order valence-electron chi connectivity index (χ1n) is 6.47. The second-order valence-corrected chi connectivity index (χ2v) is 5.12. The van der Waals surface area contributed by atoms with Crippen molar-refractivity contribution in [2.75, 3.05) is 11.9 Å². The zero-order valence-electron chi connectivity index (χ0n) is 11.4. The molecule has 3 rings (SSSR count). The third-order valence-corrected chi connectivity index (χ3v) is 3.41. The van der Waals surface area contributed by atoms with Crippen LogP contribution < -0.4 is 5.32 Å². The molecule has 0 aliphatic heterocycles. The SMILES string of the molecule is Cc1cc(NC(CO)c2ccc(Cl)cc2)n2ncnc2n1. The molecule has 1 aromatic carbocycles. The fourth-order valence-electron chi connectivity index (χ4n) is 2.14. The normalized spacial score (nSPS) is 12.5. The van der Waals surface area contributed by atoms with Gasteiger partial charge in [0.1, 0.15) is 12.1 Å². The van der Waals surface area contributed by atoms with E-state index < -0.39 is 0 Å². The summed E-state index contributed by atoms with van der Waals surface area (Å²) in [5, 5.41) is 17.7. The third kappa shape index (κ3) is 2.81. The van der Waals surface area contributed by atoms with Crippen molar-refractivity contribution in [3.63, 3.8) is 0 Å². The van der Waals surface area contributed by atoms with Crippen molar-refractivity contribution in [3.05, 3.63) is 52.9 Å². The van der Waals surface area contributed by atoms with E-state index in [9.17, 15) is 5.11 Å². The van der Waals surface area contributed by atoms with Gasteiger partial charge in [0.2, 0.25) is 0 Å². The van der Waals surface area contributed by atoms with Crippen LogP contribution in [0.1, 0.15) is 17.3 Å². The maximum Gasteiger partial charge on any atom is 0.254 e. The Kier molecular flexibility index (Phi) is 3.72. The van der Waals surface area contributed by atoms with Gasteiger partial charge in [-0.3, -0.25) is 0 Å². The number of hydrogen-bond acceptors (Lipinski definition) is 5. The van der Waals surface area contributed by atoms with Gasteiger partial charge < -0.3 is 10.4 Å². The maximum absolute atomic E-state index is 9.65. The van der Waals surface area contributed by atoms with E-state index in [1.807, 2.05) is 25.1 Å². The summed E-state index contributed by atoms with van der Waals surface area (Å²) in [4.78, 5) is 8.36. The van der Waals surface area contributed by atoms with Gasteiger partial charge >= 0.3 is 0 Å². The summed E-state index contributed by atoms with van der Waals surface area (Å²) < 4.78 is 1.60. The van der Waals surface area contributed by atoms with E-state index in [2.05, 4.69) is 20.4 Å². The van der Waals surface area contributed by atoms with E-state index >= 15 is 0 Å². The summed E-state index contributed by atoms with van der Waals surface area (Å²) >= 11 is 5.89. The lowest BCUT2D eigenvalue weighted by molar-refractivity contribution is 0.276. The molecule has 7 heteroatoms. The summed E-state index contributed by atoms with van der Waals surface area (Å²) in [7, 11) is 0. The molecule has 0 radical (unpaired) electrons. The number of benzene rings is 1. The molecule has 0 aliphatic carbocycles. The molecule has 3 aromatic rings. The Hall–Kier alpha value is -2.18. The largest absolute Gasteiger partial charge is 0.394 e. The highest BCUT2D eigenvalue weighted by atomic mass is 35.5. The first-order valence-corrected chi connectivity index (χ1v) is 6.85. The molecule has 0 saturated carbocycles. The minimum absolute atomic E-state index is 0.0564. The van der Waals surface area contributed by atoms with Crippen LogP contribution in [0.5, 0.6) is 0 Å². The second kappa shape index (κ2) is 5.67. The van der Waals surface area contributed by atoms with Gasteiger partial charge in [0, 0.05) is 16.8 Å². The number of aryl methyl sites for hydroxylation is 1. The summed E-state index contributed by atoms with van der Waals surface area (Å²) in [5.41, 5.74) is 1.76. The van der Waals surface area contributed by atoms with Gasteiger partial charge in [0.15, 0.2) is 0 Å². The van der Waals surface area contributed by atoms with Crippen molar-refractivity contribution in [2.24, 2.45) is 0 Å². The monoisotopic (exact) mass is 303 g/mol. The smallest absolute Gasteiger partial charge is 0.254 e. The number of halogens is 1. The number of nitrogens with one attached hydrogen (secondary N) is 1. The van der Waals surface area contributed by atoms with Crippen LogP contribution in [0.3, 0.4) is 0 Å². The first-order chi connectivity index (χ1) is 10.2. The maximum atomic E-state index is 9.65. The fraction of sp³-hybridized carbons (Fsp3) is 0.214. The van der Waals surface area contributed by atoms with Crippen LogP contribution in [-0.2, 0) is 0 Å². The standard InChI is InChI=1S/C14H14ClN5O/c1-9-6-13(20-14(18-9)16-8-17-20)19-12(7-21)10-2-4-11(15)5-3-10/h2-6,8,12,19,21H,7H2,1H3. The third-order valence-electron chi connectivity index (χ3n) is 3.16. The molecule has 108 valence electrons. The molecule has 2 N–H and O–H groups in total. The summed E-state index contributed by atoms with van der Waals surface area (Å²) in [6.07, 6.45) is 1.45. The van der Waals surface area contributed by atoms with Crippen LogP contribution in [0.25, 0.3) is 5.78 Å². The molecule has 1 unspecified atom stereocenters. The Labute approximate surface area is 126 Å². The van der Waals surface area contributed by atoms with Gasteiger partial charge in [-0.15, -0.1) is 0 Å². The lowest BCUT2D eigenvalue weighted by Crippen LogP contribution is -2.17. The van der Waals surface area contributed by atoms with E-state index in [4.69, 9.17) is 11.6 Å². The number of nitrogens with zero attached hydrogens (tertiary/aromatic N) is 4. The zero-order chi connectivity index (χ0) is 14.8. The number of hydrogen-bond donors (Lipinski definition) is 2. The van der Waals surface area contributed by atoms with Gasteiger partial charge in [-0.1, -0.05) is 23.7 Å². The van der Waals surface area contributed by atoms with Crippen molar-refractivity contribution in [3.8, 4) is 0 Å². The number of aliphatic hydroxyl groups is 1. The lowest BCUT2D eigenvalue weighted by Gasteiger charge is -2.18. The van der Waals surface area contributed by atoms with Crippen molar-refractivity contribution in [1.82, 2.24) is 19.6 Å². The van der Waals surface area contributed by atoms with Crippen molar-refractivity contribution < 1.29 is 5.11 Å². The highest BCUT2D eigenvalue weighted by Gasteiger charge is 2.13. The topological polar surface area (TPSA) is 75.3 Å². The molecular weight excluding hydrogens is 290 g/mol. The molecule has 2 heterocycles. The highest BCUT2D eigenvalue weighted by Crippen LogP contribution is 2.21. The summed E-state index contributed by atoms with van der Waals surface area (Å²) in [5.74, 6) is 1.24. The van der Waals surface area contributed by atoms with Gasteiger partial charge in [-0.25, -0.2) is 4.98 Å². The first kappa shape index (κ1) is 13.8. The summed E-state index contributed by atoms with van der Waals surface area (Å²) in [6, 6.07) is 8.94. The lowest BCUT2D eigenvalue weighted by atomic mass is 10.1. The van der Waals surface area contributed by atoms with Crippen molar-refractivity contribution >= 4 is 23.2 Å². The minimum Gasteiger partial charge on any atom is -0.394 e. The average molecular weight is 304 g/mol. The number of aromatic nitrogens is 4. The second-order valence-electron chi connectivity index (χ2n) is 4.69. The van der Waals surface area contributed by atoms with E-state index in [0.29, 0.717) is 10.8 Å². The molecule has 0 saturated heterocycles. The zero-order valence-corrected chi connectivity index (χ0v) is 12.1. The van der Waals surface area contributed by atoms with Crippen molar-refractivity contribution in [1.29, 1.82) is 0 Å². The van der Waals surface area contributed by atoms with Crippen LogP contribution >= 0.6 is 11.6 Å². The molecule has 6 nitrogen and oxygen atoms in total. The Morgan fingerprint density at radius 2 is 2.10 bits per heavy atom. The molecule has 1 atom stereocenters. The highest BCUT2D eigenvalue weighted by molar-refractivity contribution is 6.30. The molecule has 0 bridgehead atoms. The van der Waals surface area contributed by atoms with Crippen LogP contribution in [0.2, 0.25) is 5.02 Å². The van der Waals surface area contributed by atoms with Crippen LogP contribution in [0, 0.1) is 6.92 Å². The molecule has 21 heavy (non-hydrogen) atoms. The quantitative estimate of drug-likeness (QED) is 0.773. The Balaban J connectivity index is 1.95. The molecular formula is C14H14ClN5O. The Morgan fingerprint density at radius 3 is 2.81 bits per heavy atom. The number of fused-ring (bicyclic) bond motifs is 1. The van der Waals surface area contributed by atoms with Gasteiger partial charge in [0.05, 0.1) is 12.6 Å². The van der Waals surface area contributed by atoms with Gasteiger partial charge in [-0.05, 0) is 24.6 Å². The minimum atomic E-state index is -0.267. The predicted molar refractivity (Wildman–Crippen MR) is 80.4 cm³/mol. The average Bonchev–Trinajstić information content (AvgIpc) is 2.94. The van der Waals surface area contributed by atoms with Gasteiger partial charge in [-0.2, -0.15) is 14.6 Å². The van der Waals surface area contributed by atoms with Gasteiger partial charge in [0.25, 0.3) is 5.78 Å². The molecule has 0 spiro atoms. The predicted octanol–water partition coefficient (Wildman–Crippen LogP) is 2.23. The van der Waals surface area contributed by atoms with Crippen LogP contribution in [0.15, 0.2) is 36.7 Å². The number of aliphatic hydroxyl groups excluding tert-OH is 1. The number of rotatable bonds is 4. The summed E-state index contributed by atoms with van der Waals surface area (Å²) in [6.45, 7) is 1.83. The Morgan fingerprint density at radius 1 is 1.33 bits per heavy atom. The van der Waals surface area contributed by atoms with E-state index in [-0.39, 0.29) is 12.6 Å². The molecule has 0 aliphatic rings. The molecule has 0 amide bonds. The number of anilines is 1. The van der Waals surface area contributed by atoms with Crippen LogP contribution in [0.4, 0.5) is 5.82 Å². The van der Waals surface area contributed by atoms with E-state index in [1.54, 1.807) is 16.6 Å².